The highest BCUT2D eigenvalue weighted by Gasteiger charge is 2.23. The number of nitrogens with zero attached hydrogens (tertiary/aromatic N) is 1. The molecule has 0 bridgehead atoms. The van der Waals surface area contributed by atoms with Crippen LogP contribution in [-0.2, 0) is 17.8 Å². The molecule has 2 aromatic carbocycles. The van der Waals surface area contributed by atoms with E-state index in [1.54, 1.807) is 13.2 Å². The molecule has 4 rings (SSSR count). The first-order valence-corrected chi connectivity index (χ1v) is 9.45. The number of amides is 1. The number of halogens is 1. The fourth-order valence-electron chi connectivity index (χ4n) is 3.77. The minimum Gasteiger partial charge on any atom is -0.497 e. The van der Waals surface area contributed by atoms with Crippen molar-refractivity contribution >= 4 is 22.5 Å². The molecule has 0 radical (unpaired) electrons. The first kappa shape index (κ1) is 19.1. The van der Waals surface area contributed by atoms with Crippen LogP contribution in [-0.4, -0.2) is 36.0 Å². The molecule has 0 saturated carbocycles. The second-order valence-electron chi connectivity index (χ2n) is 7.29. The maximum Gasteiger partial charge on any atom is 0.238 e. The van der Waals surface area contributed by atoms with Gasteiger partial charge in [0.15, 0.2) is 5.43 Å². The monoisotopic (exact) mass is 395 g/mol. The standard InChI is InChI=1S/C22H22FN3O3/c1-13-9-16(29-2)10-17-21(13)25-19-7-8-26(11-18(19)22(17)28)12-20(27)24-15-5-3-14(23)4-6-15/h3-6,9-10H,7-8,11-12H2,1-2H3,(H,24,27)(H,25,28). The lowest BCUT2D eigenvalue weighted by Gasteiger charge is -2.28. The Morgan fingerprint density at radius 2 is 2.03 bits per heavy atom. The maximum absolute atomic E-state index is 13.1. The van der Waals surface area contributed by atoms with Crippen molar-refractivity contribution in [3.63, 3.8) is 0 Å². The van der Waals surface area contributed by atoms with Gasteiger partial charge in [-0.1, -0.05) is 0 Å². The third-order valence-electron chi connectivity index (χ3n) is 5.26. The minimum absolute atomic E-state index is 0.0283. The van der Waals surface area contributed by atoms with E-state index in [1.165, 1.54) is 24.3 Å². The van der Waals surface area contributed by atoms with Crippen molar-refractivity contribution in [3.8, 4) is 5.75 Å². The summed E-state index contributed by atoms with van der Waals surface area (Å²) in [5, 5.41) is 3.35. The highest BCUT2D eigenvalue weighted by atomic mass is 19.1. The normalized spacial score (nSPS) is 13.9. The lowest BCUT2D eigenvalue weighted by atomic mass is 10.0. The Labute approximate surface area is 167 Å². The van der Waals surface area contributed by atoms with Crippen molar-refractivity contribution in [2.75, 3.05) is 25.5 Å². The van der Waals surface area contributed by atoms with Gasteiger partial charge >= 0.3 is 0 Å². The summed E-state index contributed by atoms with van der Waals surface area (Å²) in [4.78, 5) is 30.8. The Balaban J connectivity index is 1.55. The van der Waals surface area contributed by atoms with Gasteiger partial charge in [-0.15, -0.1) is 0 Å². The molecule has 150 valence electrons. The summed E-state index contributed by atoms with van der Waals surface area (Å²) >= 11 is 0. The molecule has 0 fully saturated rings. The predicted octanol–water partition coefficient (Wildman–Crippen LogP) is 2.98. The van der Waals surface area contributed by atoms with Gasteiger partial charge < -0.3 is 15.0 Å². The lowest BCUT2D eigenvalue weighted by molar-refractivity contribution is -0.117. The molecular weight excluding hydrogens is 373 g/mol. The van der Waals surface area contributed by atoms with Gasteiger partial charge in [-0.25, -0.2) is 4.39 Å². The topological polar surface area (TPSA) is 74.4 Å². The van der Waals surface area contributed by atoms with Gasteiger partial charge in [0, 0.05) is 41.8 Å². The van der Waals surface area contributed by atoms with Crippen molar-refractivity contribution in [3.05, 3.63) is 69.3 Å². The number of anilines is 1. The van der Waals surface area contributed by atoms with Crippen LogP contribution in [0.15, 0.2) is 41.2 Å². The number of H-pyrrole nitrogens is 1. The van der Waals surface area contributed by atoms with E-state index in [0.29, 0.717) is 41.9 Å². The highest BCUT2D eigenvalue weighted by Crippen LogP contribution is 2.24. The molecule has 7 heteroatoms. The second kappa shape index (κ2) is 7.67. The van der Waals surface area contributed by atoms with Crippen LogP contribution in [0.5, 0.6) is 5.75 Å². The quantitative estimate of drug-likeness (QED) is 0.712. The van der Waals surface area contributed by atoms with Gasteiger partial charge in [0.25, 0.3) is 0 Å². The van der Waals surface area contributed by atoms with Gasteiger partial charge in [0.1, 0.15) is 11.6 Å². The molecule has 0 saturated heterocycles. The van der Waals surface area contributed by atoms with Crippen LogP contribution in [0.3, 0.4) is 0 Å². The van der Waals surface area contributed by atoms with E-state index in [4.69, 9.17) is 4.74 Å². The smallest absolute Gasteiger partial charge is 0.238 e. The molecule has 1 aromatic heterocycles. The number of hydrogen-bond acceptors (Lipinski definition) is 4. The minimum atomic E-state index is -0.353. The summed E-state index contributed by atoms with van der Waals surface area (Å²) in [5.41, 5.74) is 3.91. The summed E-state index contributed by atoms with van der Waals surface area (Å²) in [6.45, 7) is 3.17. The molecule has 0 atom stereocenters. The van der Waals surface area contributed by atoms with Crippen LogP contribution in [0.4, 0.5) is 10.1 Å². The van der Waals surface area contributed by atoms with Crippen molar-refractivity contribution in [2.45, 2.75) is 19.9 Å². The SMILES string of the molecule is COc1cc(C)c2[nH]c3c(c(=O)c2c1)CN(CC(=O)Nc1ccc(F)cc1)CC3. The van der Waals surface area contributed by atoms with E-state index in [-0.39, 0.29) is 23.7 Å². The number of carbonyl (C=O) groups excluding carboxylic acids is 1. The molecule has 1 amide bonds. The van der Waals surface area contributed by atoms with E-state index < -0.39 is 0 Å². The van der Waals surface area contributed by atoms with Crippen LogP contribution in [0.1, 0.15) is 16.8 Å². The summed E-state index contributed by atoms with van der Waals surface area (Å²) < 4.78 is 18.3. The molecule has 1 aliphatic heterocycles. The Morgan fingerprint density at radius 3 is 2.76 bits per heavy atom. The van der Waals surface area contributed by atoms with Crippen molar-refractivity contribution < 1.29 is 13.9 Å². The van der Waals surface area contributed by atoms with E-state index in [1.807, 2.05) is 17.9 Å². The number of methoxy groups -OCH3 is 1. The number of carbonyl (C=O) groups is 1. The average Bonchev–Trinajstić information content (AvgIpc) is 2.71. The zero-order valence-electron chi connectivity index (χ0n) is 16.3. The Kier molecular flexibility index (Phi) is 5.07. The summed E-state index contributed by atoms with van der Waals surface area (Å²) in [6.07, 6.45) is 0.663. The molecule has 2 N–H and O–H groups in total. The molecule has 3 aromatic rings. The molecular formula is C22H22FN3O3. The van der Waals surface area contributed by atoms with Crippen LogP contribution in [0, 0.1) is 12.7 Å². The summed E-state index contributed by atoms with van der Waals surface area (Å²) in [6, 6.07) is 9.29. The maximum atomic E-state index is 13.1. The van der Waals surface area contributed by atoms with Crippen molar-refractivity contribution in [1.82, 2.24) is 9.88 Å². The van der Waals surface area contributed by atoms with Gasteiger partial charge in [-0.05, 0) is 48.9 Å². The number of rotatable bonds is 4. The molecule has 6 nitrogen and oxygen atoms in total. The Hall–Kier alpha value is -3.19. The number of aromatic amines is 1. The molecule has 29 heavy (non-hydrogen) atoms. The van der Waals surface area contributed by atoms with E-state index in [9.17, 15) is 14.0 Å². The van der Waals surface area contributed by atoms with E-state index >= 15 is 0 Å². The summed E-state index contributed by atoms with van der Waals surface area (Å²) in [5.74, 6) is 0.0931. The number of benzene rings is 2. The van der Waals surface area contributed by atoms with Crippen molar-refractivity contribution in [2.24, 2.45) is 0 Å². The number of hydrogen-bond donors (Lipinski definition) is 2. The third kappa shape index (κ3) is 3.86. The fraction of sp³-hybridized carbons (Fsp3) is 0.273. The number of aryl methyl sites for hydroxylation is 1. The number of aromatic nitrogens is 1. The van der Waals surface area contributed by atoms with Gasteiger partial charge in [0.05, 0.1) is 19.2 Å². The number of nitrogens with one attached hydrogen (secondary N) is 2. The number of fused-ring (bicyclic) bond motifs is 2. The molecule has 0 spiro atoms. The lowest BCUT2D eigenvalue weighted by Crippen LogP contribution is -2.39. The van der Waals surface area contributed by atoms with Crippen LogP contribution in [0.2, 0.25) is 0 Å². The first-order chi connectivity index (χ1) is 13.9. The zero-order chi connectivity index (χ0) is 20.5. The Bertz CT molecular complexity index is 1140. The van der Waals surface area contributed by atoms with Crippen LogP contribution in [0.25, 0.3) is 10.9 Å². The first-order valence-electron chi connectivity index (χ1n) is 9.45. The molecule has 2 heterocycles. The Morgan fingerprint density at radius 1 is 1.28 bits per heavy atom. The van der Waals surface area contributed by atoms with E-state index in [2.05, 4.69) is 10.3 Å². The predicted molar refractivity (Wildman–Crippen MR) is 110 cm³/mol. The molecule has 0 aliphatic carbocycles. The van der Waals surface area contributed by atoms with Gasteiger partial charge in [0.2, 0.25) is 5.91 Å². The third-order valence-corrected chi connectivity index (χ3v) is 5.26. The van der Waals surface area contributed by atoms with Gasteiger partial charge in [-0.2, -0.15) is 0 Å². The molecule has 1 aliphatic rings. The zero-order valence-corrected chi connectivity index (χ0v) is 16.3. The average molecular weight is 395 g/mol. The summed E-state index contributed by atoms with van der Waals surface area (Å²) in [7, 11) is 1.58. The second-order valence-corrected chi connectivity index (χ2v) is 7.29. The largest absolute Gasteiger partial charge is 0.497 e. The van der Waals surface area contributed by atoms with Crippen molar-refractivity contribution in [1.29, 1.82) is 0 Å². The van der Waals surface area contributed by atoms with E-state index in [0.717, 1.165) is 16.8 Å². The highest BCUT2D eigenvalue weighted by molar-refractivity contribution is 5.92. The fourth-order valence-corrected chi connectivity index (χ4v) is 3.77. The van der Waals surface area contributed by atoms with Gasteiger partial charge in [-0.3, -0.25) is 14.5 Å². The molecule has 0 unspecified atom stereocenters. The number of ether oxygens (including phenoxy) is 1. The van der Waals surface area contributed by atoms with Crippen LogP contribution < -0.4 is 15.5 Å². The van der Waals surface area contributed by atoms with Crippen LogP contribution >= 0.6 is 0 Å². The number of pyridine rings is 1.